The van der Waals surface area contributed by atoms with Crippen LogP contribution in [-0.4, -0.2) is 41.3 Å². The average Bonchev–Trinajstić information content (AvgIpc) is 2.75. The van der Waals surface area contributed by atoms with Gasteiger partial charge in [0.2, 0.25) is 0 Å². The van der Waals surface area contributed by atoms with E-state index in [2.05, 4.69) is 46.4 Å². The van der Waals surface area contributed by atoms with Gasteiger partial charge in [-0.2, -0.15) is 0 Å². The molecule has 2 fully saturated rings. The second-order valence-electron chi connectivity index (χ2n) is 7.89. The summed E-state index contributed by atoms with van der Waals surface area (Å²) in [4.78, 5) is 2.65. The van der Waals surface area contributed by atoms with E-state index in [1.807, 2.05) is 0 Å². The van der Waals surface area contributed by atoms with E-state index in [0.29, 0.717) is 5.92 Å². The van der Waals surface area contributed by atoms with Gasteiger partial charge in [0.25, 0.3) is 0 Å². The van der Waals surface area contributed by atoms with Gasteiger partial charge in [-0.3, -0.25) is 4.90 Å². The van der Waals surface area contributed by atoms with E-state index in [1.165, 1.54) is 19.4 Å². The van der Waals surface area contributed by atoms with Gasteiger partial charge in [0, 0.05) is 24.5 Å². The van der Waals surface area contributed by atoms with Gasteiger partial charge in [0.15, 0.2) is 0 Å². The molecule has 112 valence electrons. The molecule has 0 radical (unpaired) electrons. The third-order valence-corrected chi connectivity index (χ3v) is 5.27. The summed E-state index contributed by atoms with van der Waals surface area (Å²) in [6.07, 6.45) is 2.67. The van der Waals surface area contributed by atoms with Gasteiger partial charge < -0.3 is 10.5 Å². The lowest BCUT2D eigenvalue weighted by atomic mass is 9.82. The van der Waals surface area contributed by atoms with E-state index in [-0.39, 0.29) is 17.2 Å². The molecule has 0 aromatic rings. The number of nitrogens with two attached hydrogens (primary N) is 1. The van der Waals surface area contributed by atoms with Crippen molar-refractivity contribution in [3.05, 3.63) is 0 Å². The molecule has 0 amide bonds. The molecule has 0 bridgehead atoms. The first-order chi connectivity index (χ1) is 8.65. The minimum absolute atomic E-state index is 0.118. The van der Waals surface area contributed by atoms with Crippen molar-refractivity contribution in [3.8, 4) is 0 Å². The van der Waals surface area contributed by atoms with E-state index < -0.39 is 0 Å². The molecular weight excluding hydrogens is 236 g/mol. The molecule has 0 spiro atoms. The zero-order valence-corrected chi connectivity index (χ0v) is 13.6. The van der Waals surface area contributed by atoms with Gasteiger partial charge >= 0.3 is 0 Å². The highest BCUT2D eigenvalue weighted by molar-refractivity contribution is 5.05. The van der Waals surface area contributed by atoms with Crippen molar-refractivity contribution in [3.63, 3.8) is 0 Å². The van der Waals surface area contributed by atoms with Crippen molar-refractivity contribution in [1.82, 2.24) is 4.90 Å². The van der Waals surface area contributed by atoms with Crippen LogP contribution in [-0.2, 0) is 4.74 Å². The number of likely N-dealkylation sites (tertiary alicyclic amines) is 1. The van der Waals surface area contributed by atoms with Crippen LogP contribution in [0.2, 0.25) is 0 Å². The standard InChI is InChI=1S/C16H32N2O/c1-11(2)13-8-7-9-18(13)10-12-14(17)16(5,6)19-15(12,3)4/h11-14H,7-10,17H2,1-6H3. The highest BCUT2D eigenvalue weighted by atomic mass is 16.5. The lowest BCUT2D eigenvalue weighted by Crippen LogP contribution is -2.49. The van der Waals surface area contributed by atoms with Crippen molar-refractivity contribution in [2.75, 3.05) is 13.1 Å². The van der Waals surface area contributed by atoms with Crippen LogP contribution < -0.4 is 5.73 Å². The van der Waals surface area contributed by atoms with E-state index in [4.69, 9.17) is 10.5 Å². The summed E-state index contributed by atoms with van der Waals surface area (Å²) >= 11 is 0. The Bertz CT molecular complexity index is 325. The van der Waals surface area contributed by atoms with Crippen molar-refractivity contribution < 1.29 is 4.74 Å². The first kappa shape index (κ1) is 15.3. The summed E-state index contributed by atoms with van der Waals surface area (Å²) in [6, 6.07) is 0.850. The Morgan fingerprint density at radius 3 is 2.32 bits per heavy atom. The molecule has 0 saturated carbocycles. The number of nitrogens with zero attached hydrogens (tertiary/aromatic N) is 1. The summed E-state index contributed by atoms with van der Waals surface area (Å²) in [5.74, 6) is 1.15. The lowest BCUT2D eigenvalue weighted by Gasteiger charge is -2.35. The van der Waals surface area contributed by atoms with Crippen LogP contribution in [0.1, 0.15) is 54.4 Å². The lowest BCUT2D eigenvalue weighted by molar-refractivity contribution is -0.0789. The topological polar surface area (TPSA) is 38.5 Å². The van der Waals surface area contributed by atoms with Gasteiger partial charge in [-0.05, 0) is 53.0 Å². The molecule has 2 saturated heterocycles. The Labute approximate surface area is 118 Å². The molecule has 3 nitrogen and oxygen atoms in total. The molecule has 2 N–H and O–H groups in total. The fraction of sp³-hybridized carbons (Fsp3) is 1.00. The maximum absolute atomic E-state index is 6.48. The third kappa shape index (κ3) is 2.84. The molecule has 3 heteroatoms. The quantitative estimate of drug-likeness (QED) is 0.855. The van der Waals surface area contributed by atoms with Gasteiger partial charge in [-0.1, -0.05) is 13.8 Å². The van der Waals surface area contributed by atoms with Crippen LogP contribution in [0.15, 0.2) is 0 Å². The summed E-state index contributed by atoms with van der Waals surface area (Å²) in [5, 5.41) is 0. The fourth-order valence-electron chi connectivity index (χ4n) is 4.16. The number of ether oxygens (including phenoxy) is 1. The number of hydrogen-bond acceptors (Lipinski definition) is 3. The first-order valence-electron chi connectivity index (χ1n) is 7.85. The van der Waals surface area contributed by atoms with E-state index in [9.17, 15) is 0 Å². The second-order valence-corrected chi connectivity index (χ2v) is 7.89. The predicted molar refractivity (Wildman–Crippen MR) is 80.1 cm³/mol. The summed E-state index contributed by atoms with van der Waals surface area (Å²) in [5.41, 5.74) is 6.16. The highest BCUT2D eigenvalue weighted by Crippen LogP contribution is 2.42. The van der Waals surface area contributed by atoms with E-state index >= 15 is 0 Å². The third-order valence-electron chi connectivity index (χ3n) is 5.27. The van der Waals surface area contributed by atoms with E-state index in [0.717, 1.165) is 18.5 Å². The monoisotopic (exact) mass is 268 g/mol. The average molecular weight is 268 g/mol. The normalized spacial score (nSPS) is 38.2. The Kier molecular flexibility index (Phi) is 4.03. The van der Waals surface area contributed by atoms with Crippen molar-refractivity contribution in [2.45, 2.75) is 77.7 Å². The Balaban J connectivity index is 2.10. The molecule has 2 aliphatic heterocycles. The van der Waals surface area contributed by atoms with Crippen LogP contribution in [0.25, 0.3) is 0 Å². The van der Waals surface area contributed by atoms with E-state index in [1.54, 1.807) is 0 Å². The van der Waals surface area contributed by atoms with Crippen molar-refractivity contribution in [2.24, 2.45) is 17.6 Å². The number of rotatable bonds is 3. The predicted octanol–water partition coefficient (Wildman–Crippen LogP) is 2.64. The van der Waals surface area contributed by atoms with Crippen LogP contribution in [0, 0.1) is 11.8 Å². The van der Waals surface area contributed by atoms with Crippen molar-refractivity contribution >= 4 is 0 Å². The zero-order chi connectivity index (χ0) is 14.4. The number of hydrogen-bond donors (Lipinski definition) is 1. The second kappa shape index (κ2) is 5.01. The molecule has 0 aromatic carbocycles. The highest BCUT2D eigenvalue weighted by Gasteiger charge is 2.52. The molecule has 3 unspecified atom stereocenters. The van der Waals surface area contributed by atoms with Crippen LogP contribution in [0.4, 0.5) is 0 Å². The Morgan fingerprint density at radius 1 is 1.21 bits per heavy atom. The Morgan fingerprint density at radius 2 is 1.84 bits per heavy atom. The van der Waals surface area contributed by atoms with Crippen LogP contribution >= 0.6 is 0 Å². The first-order valence-corrected chi connectivity index (χ1v) is 7.85. The minimum atomic E-state index is -0.207. The summed E-state index contributed by atoms with van der Waals surface area (Å²) in [6.45, 7) is 15.6. The van der Waals surface area contributed by atoms with Gasteiger partial charge in [0.1, 0.15) is 0 Å². The van der Waals surface area contributed by atoms with Gasteiger partial charge in [0.05, 0.1) is 11.2 Å². The maximum atomic E-state index is 6.48. The zero-order valence-electron chi connectivity index (χ0n) is 13.6. The van der Waals surface area contributed by atoms with Crippen molar-refractivity contribution in [1.29, 1.82) is 0 Å². The largest absolute Gasteiger partial charge is 0.368 e. The minimum Gasteiger partial charge on any atom is -0.368 e. The van der Waals surface area contributed by atoms with Crippen LogP contribution in [0.5, 0.6) is 0 Å². The summed E-state index contributed by atoms with van der Waals surface area (Å²) in [7, 11) is 0. The SMILES string of the molecule is CC(C)C1CCCN1CC1C(N)C(C)(C)OC1(C)C. The molecule has 0 aliphatic carbocycles. The summed E-state index contributed by atoms with van der Waals surface area (Å²) < 4.78 is 6.22. The molecule has 2 heterocycles. The van der Waals surface area contributed by atoms with Gasteiger partial charge in [-0.15, -0.1) is 0 Å². The Hall–Kier alpha value is -0.120. The molecule has 3 atom stereocenters. The fourth-order valence-corrected chi connectivity index (χ4v) is 4.16. The maximum Gasteiger partial charge on any atom is 0.0788 e. The molecular formula is C16H32N2O. The molecule has 2 rings (SSSR count). The van der Waals surface area contributed by atoms with Gasteiger partial charge in [-0.25, -0.2) is 0 Å². The molecule has 19 heavy (non-hydrogen) atoms. The smallest absolute Gasteiger partial charge is 0.0788 e. The van der Waals surface area contributed by atoms with Crippen LogP contribution in [0.3, 0.4) is 0 Å². The molecule has 0 aromatic heterocycles. The molecule has 2 aliphatic rings.